The summed E-state index contributed by atoms with van der Waals surface area (Å²) in [5.74, 6) is 0.271. The van der Waals surface area contributed by atoms with E-state index in [0.29, 0.717) is 32.7 Å². The van der Waals surface area contributed by atoms with Gasteiger partial charge in [-0.1, -0.05) is 6.42 Å². The Kier molecular flexibility index (Phi) is 6.12. The number of piperidine rings is 2. The summed E-state index contributed by atoms with van der Waals surface area (Å²) in [7, 11) is -3.33. The molecule has 0 radical (unpaired) electrons. The highest BCUT2D eigenvalue weighted by Gasteiger charge is 2.34. The second-order valence-corrected chi connectivity index (χ2v) is 9.16. The van der Waals surface area contributed by atoms with E-state index < -0.39 is 10.2 Å². The molecule has 3 aliphatic rings. The Balaban J connectivity index is 1.51. The molecule has 3 fully saturated rings. The van der Waals surface area contributed by atoms with Crippen molar-refractivity contribution in [3.63, 3.8) is 0 Å². The zero-order valence-corrected chi connectivity index (χ0v) is 15.2. The average molecular weight is 359 g/mol. The predicted octanol–water partition coefficient (Wildman–Crippen LogP) is 0.297. The lowest BCUT2D eigenvalue weighted by Gasteiger charge is -2.36. The summed E-state index contributed by atoms with van der Waals surface area (Å²) in [6.45, 7) is 3.90. The van der Waals surface area contributed by atoms with E-state index in [1.54, 1.807) is 8.61 Å². The van der Waals surface area contributed by atoms with Crippen molar-refractivity contribution in [3.05, 3.63) is 0 Å². The van der Waals surface area contributed by atoms with Crippen LogP contribution in [0.1, 0.15) is 44.9 Å². The van der Waals surface area contributed by atoms with Crippen LogP contribution in [0.3, 0.4) is 0 Å². The normalized spacial score (nSPS) is 30.3. The van der Waals surface area contributed by atoms with E-state index in [1.807, 2.05) is 0 Å². The fourth-order valence-electron chi connectivity index (χ4n) is 3.94. The molecular formula is C16H30N4O3S. The number of hydrogen-bond donors (Lipinski definition) is 2. The van der Waals surface area contributed by atoms with Crippen molar-refractivity contribution in [2.45, 2.75) is 51.0 Å². The minimum Gasteiger partial charge on any atom is -0.354 e. The lowest BCUT2D eigenvalue weighted by Crippen LogP contribution is -2.51. The van der Waals surface area contributed by atoms with E-state index in [2.05, 4.69) is 10.6 Å². The number of rotatable bonds is 5. The molecule has 0 aliphatic carbocycles. The molecule has 3 heterocycles. The van der Waals surface area contributed by atoms with Crippen LogP contribution >= 0.6 is 0 Å². The molecular weight excluding hydrogens is 328 g/mol. The standard InChI is InChI=1S/C16H30N4O3S/c21-16(15-7-4-8-17-15)18-12-14-6-5-11-20(13-14)24(22,23)19-9-2-1-3-10-19/h14-15,17H,1-13H2,(H,18,21). The van der Waals surface area contributed by atoms with Gasteiger partial charge >= 0.3 is 0 Å². The fourth-order valence-corrected chi connectivity index (χ4v) is 5.74. The van der Waals surface area contributed by atoms with Crippen molar-refractivity contribution in [1.29, 1.82) is 0 Å². The Hall–Kier alpha value is -0.700. The molecule has 24 heavy (non-hydrogen) atoms. The number of carbonyl (C=O) groups is 1. The van der Waals surface area contributed by atoms with Gasteiger partial charge in [0.2, 0.25) is 5.91 Å². The molecule has 0 bridgehead atoms. The van der Waals surface area contributed by atoms with Crippen LogP contribution in [0.5, 0.6) is 0 Å². The second kappa shape index (κ2) is 8.12. The first-order valence-corrected chi connectivity index (χ1v) is 10.7. The molecule has 0 aromatic carbocycles. The van der Waals surface area contributed by atoms with Crippen molar-refractivity contribution in [3.8, 4) is 0 Å². The third-order valence-electron chi connectivity index (χ3n) is 5.39. The lowest BCUT2D eigenvalue weighted by molar-refractivity contribution is -0.123. The van der Waals surface area contributed by atoms with Gasteiger partial charge in [0.05, 0.1) is 6.04 Å². The topological polar surface area (TPSA) is 81.8 Å². The molecule has 138 valence electrons. The van der Waals surface area contributed by atoms with Gasteiger partial charge in [-0.05, 0) is 51.0 Å². The molecule has 8 heteroatoms. The van der Waals surface area contributed by atoms with Crippen molar-refractivity contribution in [2.24, 2.45) is 5.92 Å². The third-order valence-corrected chi connectivity index (χ3v) is 7.39. The molecule has 3 rings (SSSR count). The zero-order chi connectivity index (χ0) is 17.0. The smallest absolute Gasteiger partial charge is 0.281 e. The van der Waals surface area contributed by atoms with Crippen LogP contribution in [0.2, 0.25) is 0 Å². The van der Waals surface area contributed by atoms with Crippen LogP contribution in [-0.4, -0.2) is 68.2 Å². The quantitative estimate of drug-likeness (QED) is 0.740. The predicted molar refractivity (Wildman–Crippen MR) is 92.7 cm³/mol. The first-order chi connectivity index (χ1) is 11.6. The maximum atomic E-state index is 12.8. The Morgan fingerprint density at radius 3 is 2.46 bits per heavy atom. The minimum absolute atomic E-state index is 0.0588. The van der Waals surface area contributed by atoms with Gasteiger partial charge in [0, 0.05) is 32.7 Å². The summed E-state index contributed by atoms with van der Waals surface area (Å²) < 4.78 is 28.8. The number of amides is 1. The highest BCUT2D eigenvalue weighted by Crippen LogP contribution is 2.23. The van der Waals surface area contributed by atoms with Gasteiger partial charge in [-0.25, -0.2) is 0 Å². The molecule has 2 N–H and O–H groups in total. The van der Waals surface area contributed by atoms with Crippen molar-refractivity contribution in [1.82, 2.24) is 19.2 Å². The molecule has 0 aromatic heterocycles. The molecule has 2 atom stereocenters. The van der Waals surface area contributed by atoms with E-state index >= 15 is 0 Å². The van der Waals surface area contributed by atoms with Crippen molar-refractivity contribution < 1.29 is 13.2 Å². The number of nitrogens with zero attached hydrogens (tertiary/aromatic N) is 2. The van der Waals surface area contributed by atoms with Gasteiger partial charge in [-0.2, -0.15) is 17.0 Å². The van der Waals surface area contributed by atoms with E-state index in [-0.39, 0.29) is 17.9 Å². The summed E-state index contributed by atoms with van der Waals surface area (Å²) in [4.78, 5) is 12.1. The minimum atomic E-state index is -3.33. The molecule has 3 aliphatic heterocycles. The summed E-state index contributed by atoms with van der Waals surface area (Å²) in [6.07, 6.45) is 6.83. The number of hydrogen-bond acceptors (Lipinski definition) is 4. The molecule has 7 nitrogen and oxygen atoms in total. The first-order valence-electron chi connectivity index (χ1n) is 9.33. The van der Waals surface area contributed by atoms with Gasteiger partial charge in [-0.15, -0.1) is 0 Å². The summed E-state index contributed by atoms with van der Waals surface area (Å²) >= 11 is 0. The van der Waals surface area contributed by atoms with Crippen molar-refractivity contribution >= 4 is 16.1 Å². The fraction of sp³-hybridized carbons (Fsp3) is 0.938. The monoisotopic (exact) mass is 358 g/mol. The lowest BCUT2D eigenvalue weighted by atomic mass is 9.99. The zero-order valence-electron chi connectivity index (χ0n) is 14.4. The van der Waals surface area contributed by atoms with Crippen molar-refractivity contribution in [2.75, 3.05) is 39.3 Å². The number of nitrogens with one attached hydrogen (secondary N) is 2. The first kappa shape index (κ1) is 18.1. The Labute approximate surface area is 145 Å². The van der Waals surface area contributed by atoms with E-state index in [0.717, 1.165) is 51.5 Å². The molecule has 0 saturated carbocycles. The van der Waals surface area contributed by atoms with Crippen LogP contribution in [0.15, 0.2) is 0 Å². The second-order valence-electron chi connectivity index (χ2n) is 7.23. The Morgan fingerprint density at radius 1 is 1.00 bits per heavy atom. The van der Waals surface area contributed by atoms with Gasteiger partial charge < -0.3 is 10.6 Å². The number of carbonyl (C=O) groups excluding carboxylic acids is 1. The summed E-state index contributed by atoms with van der Waals surface area (Å²) in [6, 6.07) is -0.0678. The van der Waals surface area contributed by atoms with Gasteiger partial charge in [0.25, 0.3) is 10.2 Å². The van der Waals surface area contributed by atoms with Crippen LogP contribution in [-0.2, 0) is 15.0 Å². The largest absolute Gasteiger partial charge is 0.354 e. The van der Waals surface area contributed by atoms with E-state index in [9.17, 15) is 13.2 Å². The maximum Gasteiger partial charge on any atom is 0.281 e. The highest BCUT2D eigenvalue weighted by atomic mass is 32.2. The summed E-state index contributed by atoms with van der Waals surface area (Å²) in [5.41, 5.74) is 0. The molecule has 3 saturated heterocycles. The van der Waals surface area contributed by atoms with Crippen LogP contribution in [0, 0.1) is 5.92 Å². The van der Waals surface area contributed by atoms with Crippen LogP contribution in [0.4, 0.5) is 0 Å². The van der Waals surface area contributed by atoms with Gasteiger partial charge in [-0.3, -0.25) is 4.79 Å². The Bertz CT molecular complexity index is 527. The van der Waals surface area contributed by atoms with Crippen LogP contribution in [0.25, 0.3) is 0 Å². The molecule has 0 aromatic rings. The van der Waals surface area contributed by atoms with Gasteiger partial charge in [0.15, 0.2) is 0 Å². The maximum absolute atomic E-state index is 12.8. The van der Waals surface area contributed by atoms with Gasteiger partial charge in [0.1, 0.15) is 0 Å². The average Bonchev–Trinajstić information content (AvgIpc) is 3.15. The molecule has 0 spiro atoms. The SMILES string of the molecule is O=C(NCC1CCCN(S(=O)(=O)N2CCCCC2)C1)C1CCCN1. The summed E-state index contributed by atoms with van der Waals surface area (Å²) in [5, 5.41) is 6.20. The third kappa shape index (κ3) is 4.28. The highest BCUT2D eigenvalue weighted by molar-refractivity contribution is 7.86. The molecule has 1 amide bonds. The van der Waals surface area contributed by atoms with E-state index in [4.69, 9.17) is 0 Å². The van der Waals surface area contributed by atoms with E-state index in [1.165, 1.54) is 0 Å². The Morgan fingerprint density at radius 2 is 1.75 bits per heavy atom. The molecule has 2 unspecified atom stereocenters. The van der Waals surface area contributed by atoms with Crippen LogP contribution < -0.4 is 10.6 Å².